The van der Waals surface area contributed by atoms with E-state index in [1.807, 2.05) is 0 Å². The van der Waals surface area contributed by atoms with Gasteiger partial charge < -0.3 is 10.6 Å². The molecule has 0 spiro atoms. The van der Waals surface area contributed by atoms with E-state index in [0.29, 0.717) is 29.2 Å². The molecule has 8 heteroatoms. The summed E-state index contributed by atoms with van der Waals surface area (Å²) in [5, 5.41) is 2.28. The van der Waals surface area contributed by atoms with Crippen molar-refractivity contribution in [2.75, 3.05) is 12.3 Å². The Morgan fingerprint density at radius 1 is 1.24 bits per heavy atom. The number of unbranched alkanes of at least 4 members (excludes halogenated alkanes) is 1. The highest BCUT2D eigenvalue weighted by molar-refractivity contribution is 7.85. The van der Waals surface area contributed by atoms with Crippen molar-refractivity contribution in [3.8, 4) is 0 Å². The van der Waals surface area contributed by atoms with E-state index < -0.39 is 22.7 Å². The minimum absolute atomic E-state index is 0.217. The molecule has 3 rings (SSSR count). The van der Waals surface area contributed by atoms with Crippen LogP contribution in [0.4, 0.5) is 0 Å². The molecule has 25 heavy (non-hydrogen) atoms. The summed E-state index contributed by atoms with van der Waals surface area (Å²) in [4.78, 5) is 38.2. The number of carbonyl (C=O) groups excluding carboxylic acids is 3. The van der Waals surface area contributed by atoms with Gasteiger partial charge in [0, 0.05) is 34.7 Å². The van der Waals surface area contributed by atoms with Gasteiger partial charge in [0.1, 0.15) is 6.04 Å². The zero-order chi connectivity index (χ0) is 18.0. The molecular weight excluding hydrogens is 342 g/mol. The number of benzene rings is 1. The van der Waals surface area contributed by atoms with E-state index in [0.717, 1.165) is 18.4 Å². The van der Waals surface area contributed by atoms with Gasteiger partial charge in [-0.05, 0) is 37.9 Å². The number of imide groups is 1. The Morgan fingerprint density at radius 3 is 2.76 bits per heavy atom. The number of nitrogens with zero attached hydrogens (tertiary/aromatic N) is 1. The molecule has 0 aromatic heterocycles. The van der Waals surface area contributed by atoms with E-state index in [2.05, 4.69) is 5.32 Å². The fourth-order valence-electron chi connectivity index (χ4n) is 3.26. The fourth-order valence-corrected chi connectivity index (χ4v) is 4.62. The van der Waals surface area contributed by atoms with E-state index in [4.69, 9.17) is 5.73 Å². The van der Waals surface area contributed by atoms with Gasteiger partial charge in [-0.15, -0.1) is 0 Å². The number of nitrogens with two attached hydrogens (primary N) is 1. The van der Waals surface area contributed by atoms with Crippen molar-refractivity contribution in [1.82, 2.24) is 10.2 Å². The topological polar surface area (TPSA) is 110 Å². The maximum absolute atomic E-state index is 12.7. The molecule has 2 unspecified atom stereocenters. The van der Waals surface area contributed by atoms with Crippen molar-refractivity contribution in [3.63, 3.8) is 0 Å². The van der Waals surface area contributed by atoms with Gasteiger partial charge in [-0.3, -0.25) is 23.9 Å². The Labute approximate surface area is 148 Å². The molecule has 0 aliphatic carbocycles. The molecule has 1 saturated heterocycles. The molecule has 0 bridgehead atoms. The van der Waals surface area contributed by atoms with Gasteiger partial charge in [-0.2, -0.15) is 0 Å². The second-order valence-electron chi connectivity index (χ2n) is 6.23. The summed E-state index contributed by atoms with van der Waals surface area (Å²) in [6.45, 7) is 0.811. The number of piperidine rings is 1. The lowest BCUT2D eigenvalue weighted by Gasteiger charge is -2.29. The second-order valence-corrected chi connectivity index (χ2v) is 7.77. The molecule has 2 heterocycles. The number of hydrogen-bond acceptors (Lipinski definition) is 5. The molecule has 1 aromatic carbocycles. The van der Waals surface area contributed by atoms with E-state index >= 15 is 0 Å². The van der Waals surface area contributed by atoms with Crippen LogP contribution in [0.1, 0.15) is 41.6 Å². The van der Waals surface area contributed by atoms with E-state index in [1.165, 1.54) is 4.90 Å². The zero-order valence-electron chi connectivity index (χ0n) is 13.8. The van der Waals surface area contributed by atoms with Gasteiger partial charge in [0.05, 0.1) is 10.8 Å². The Bertz CT molecular complexity index is 749. The number of rotatable bonds is 6. The van der Waals surface area contributed by atoms with Crippen LogP contribution in [0.2, 0.25) is 0 Å². The van der Waals surface area contributed by atoms with Crippen LogP contribution >= 0.6 is 0 Å². The van der Waals surface area contributed by atoms with Crippen LogP contribution in [0, 0.1) is 0 Å². The standard InChI is InChI=1S/C17H21N3O4S/c18-8-1-2-9-25(24)14-5-3-4-11-12(14)10-20(17(11)23)13-6-7-15(21)19-16(13)22/h3-5,13H,1-2,6-10,18H2,(H,19,21,22). The zero-order valence-corrected chi connectivity index (χ0v) is 14.6. The van der Waals surface area contributed by atoms with Crippen molar-refractivity contribution < 1.29 is 18.6 Å². The summed E-state index contributed by atoms with van der Waals surface area (Å²) < 4.78 is 12.6. The van der Waals surface area contributed by atoms with Crippen LogP contribution in [0.25, 0.3) is 0 Å². The summed E-state index contributed by atoms with van der Waals surface area (Å²) >= 11 is 0. The number of nitrogens with one attached hydrogen (secondary N) is 1. The predicted octanol–water partition coefficient (Wildman–Crippen LogP) is 0.294. The Kier molecular flexibility index (Phi) is 5.29. The van der Waals surface area contributed by atoms with E-state index in [9.17, 15) is 18.6 Å². The molecule has 2 atom stereocenters. The van der Waals surface area contributed by atoms with Crippen molar-refractivity contribution in [1.29, 1.82) is 0 Å². The lowest BCUT2D eigenvalue weighted by atomic mass is 10.0. The van der Waals surface area contributed by atoms with Crippen LogP contribution < -0.4 is 11.1 Å². The average Bonchev–Trinajstić information content (AvgIpc) is 2.92. The summed E-state index contributed by atoms with van der Waals surface area (Å²) in [6.07, 6.45) is 2.10. The Balaban J connectivity index is 1.81. The highest BCUT2D eigenvalue weighted by Crippen LogP contribution is 2.31. The van der Waals surface area contributed by atoms with Gasteiger partial charge >= 0.3 is 0 Å². The summed E-state index contributed by atoms with van der Waals surface area (Å²) in [5.41, 5.74) is 6.69. The van der Waals surface area contributed by atoms with E-state index in [-0.39, 0.29) is 24.8 Å². The van der Waals surface area contributed by atoms with Crippen molar-refractivity contribution in [2.45, 2.75) is 43.2 Å². The maximum atomic E-state index is 12.7. The summed E-state index contributed by atoms with van der Waals surface area (Å²) in [7, 11) is -1.20. The third kappa shape index (κ3) is 3.50. The SMILES string of the molecule is NCCCCS(=O)c1cccc2c1CN(C1CCC(=O)NC1=O)C2=O. The molecule has 1 aromatic rings. The highest BCUT2D eigenvalue weighted by atomic mass is 32.2. The molecule has 2 aliphatic heterocycles. The molecule has 2 aliphatic rings. The smallest absolute Gasteiger partial charge is 0.255 e. The van der Waals surface area contributed by atoms with Gasteiger partial charge in [0.15, 0.2) is 0 Å². The third-order valence-corrected chi connectivity index (χ3v) is 6.10. The van der Waals surface area contributed by atoms with Gasteiger partial charge in [0.2, 0.25) is 11.8 Å². The largest absolute Gasteiger partial charge is 0.330 e. The minimum Gasteiger partial charge on any atom is -0.330 e. The van der Waals surface area contributed by atoms with Crippen LogP contribution in [-0.4, -0.2) is 45.2 Å². The van der Waals surface area contributed by atoms with Crippen molar-refractivity contribution in [2.24, 2.45) is 5.73 Å². The molecule has 0 saturated carbocycles. The lowest BCUT2D eigenvalue weighted by Crippen LogP contribution is -2.52. The van der Waals surface area contributed by atoms with Crippen LogP contribution in [0.5, 0.6) is 0 Å². The number of carbonyl (C=O) groups is 3. The number of fused-ring (bicyclic) bond motifs is 1. The first-order valence-electron chi connectivity index (χ1n) is 8.38. The number of hydrogen-bond donors (Lipinski definition) is 2. The Hall–Kier alpha value is -2.06. The van der Waals surface area contributed by atoms with Crippen LogP contribution in [-0.2, 0) is 26.9 Å². The quantitative estimate of drug-likeness (QED) is 0.558. The molecule has 3 amide bonds. The molecule has 7 nitrogen and oxygen atoms in total. The maximum Gasteiger partial charge on any atom is 0.255 e. The monoisotopic (exact) mass is 363 g/mol. The van der Waals surface area contributed by atoms with Gasteiger partial charge in [-0.25, -0.2) is 0 Å². The van der Waals surface area contributed by atoms with E-state index in [1.54, 1.807) is 18.2 Å². The number of amides is 3. The van der Waals surface area contributed by atoms with Crippen molar-refractivity contribution >= 4 is 28.5 Å². The molecule has 3 N–H and O–H groups in total. The lowest BCUT2D eigenvalue weighted by molar-refractivity contribution is -0.136. The van der Waals surface area contributed by atoms with Crippen LogP contribution in [0.15, 0.2) is 23.1 Å². The second kappa shape index (κ2) is 7.45. The minimum atomic E-state index is -1.20. The summed E-state index contributed by atoms with van der Waals surface area (Å²) in [5.74, 6) is -0.499. The molecule has 0 radical (unpaired) electrons. The van der Waals surface area contributed by atoms with Gasteiger partial charge in [0.25, 0.3) is 5.91 Å². The van der Waals surface area contributed by atoms with Crippen LogP contribution in [0.3, 0.4) is 0 Å². The first-order valence-corrected chi connectivity index (χ1v) is 9.70. The Morgan fingerprint density at radius 2 is 2.04 bits per heavy atom. The molecule has 134 valence electrons. The summed E-state index contributed by atoms with van der Waals surface area (Å²) in [6, 6.07) is 4.54. The predicted molar refractivity (Wildman–Crippen MR) is 92.1 cm³/mol. The average molecular weight is 363 g/mol. The molecular formula is C17H21N3O4S. The normalized spacial score (nSPS) is 21.2. The van der Waals surface area contributed by atoms with Crippen molar-refractivity contribution in [3.05, 3.63) is 29.3 Å². The first kappa shape index (κ1) is 17.8. The third-order valence-electron chi connectivity index (χ3n) is 4.57. The first-order chi connectivity index (χ1) is 12.0. The van der Waals surface area contributed by atoms with Gasteiger partial charge in [-0.1, -0.05) is 6.07 Å². The fraction of sp³-hybridized carbons (Fsp3) is 0.471. The molecule has 1 fully saturated rings. The highest BCUT2D eigenvalue weighted by Gasteiger charge is 2.40.